The average Bonchev–Trinajstić information content (AvgIpc) is 2.48. The number of nitrogens with zero attached hydrogens (tertiary/aromatic N) is 1. The number of para-hydroxylation sites is 1. The molecule has 2 rings (SSSR count). The van der Waals surface area contributed by atoms with E-state index in [1.54, 1.807) is 0 Å². The molecule has 0 amide bonds. The van der Waals surface area contributed by atoms with E-state index in [0.717, 1.165) is 24.8 Å². The molecular formula is C19H32N2. The summed E-state index contributed by atoms with van der Waals surface area (Å²) in [5.74, 6) is 1.55. The van der Waals surface area contributed by atoms with Crippen molar-refractivity contribution in [2.45, 2.75) is 59.5 Å². The van der Waals surface area contributed by atoms with Crippen LogP contribution in [0, 0.1) is 11.8 Å². The Hall–Kier alpha value is -1.02. The van der Waals surface area contributed by atoms with E-state index in [4.69, 9.17) is 0 Å². The monoisotopic (exact) mass is 288 g/mol. The lowest BCUT2D eigenvalue weighted by atomic mass is 9.85. The van der Waals surface area contributed by atoms with Crippen LogP contribution < -0.4 is 10.2 Å². The van der Waals surface area contributed by atoms with Crippen molar-refractivity contribution in [1.29, 1.82) is 0 Å². The first-order chi connectivity index (χ1) is 10.1. The van der Waals surface area contributed by atoms with Crippen molar-refractivity contribution in [2.24, 2.45) is 11.8 Å². The summed E-state index contributed by atoms with van der Waals surface area (Å²) in [6.45, 7) is 13.9. The van der Waals surface area contributed by atoms with Gasteiger partial charge in [-0.15, -0.1) is 0 Å². The highest BCUT2D eigenvalue weighted by molar-refractivity contribution is 5.56. The summed E-state index contributed by atoms with van der Waals surface area (Å²) >= 11 is 0. The van der Waals surface area contributed by atoms with Gasteiger partial charge in [-0.2, -0.15) is 0 Å². The summed E-state index contributed by atoms with van der Waals surface area (Å²) in [5.41, 5.74) is 2.91. The first-order valence-electron chi connectivity index (χ1n) is 8.67. The summed E-state index contributed by atoms with van der Waals surface area (Å²) in [7, 11) is 0. The van der Waals surface area contributed by atoms with Crippen LogP contribution in [-0.4, -0.2) is 19.1 Å². The van der Waals surface area contributed by atoms with Gasteiger partial charge < -0.3 is 10.2 Å². The molecule has 21 heavy (non-hydrogen) atoms. The predicted octanol–water partition coefficient (Wildman–Crippen LogP) is 4.62. The summed E-state index contributed by atoms with van der Waals surface area (Å²) in [6, 6.07) is 10.1. The predicted molar refractivity (Wildman–Crippen MR) is 92.9 cm³/mol. The van der Waals surface area contributed by atoms with Gasteiger partial charge in [-0.05, 0) is 49.8 Å². The Labute approximate surface area is 130 Å². The van der Waals surface area contributed by atoms with Crippen molar-refractivity contribution >= 4 is 5.69 Å². The van der Waals surface area contributed by atoms with E-state index in [2.05, 4.69) is 69.1 Å². The summed E-state index contributed by atoms with van der Waals surface area (Å²) in [6.07, 6.45) is 2.49. The SMILES string of the molecule is CCNC(CC)c1ccccc1N1CC(C)CC(C)C1C. The standard InChI is InChI=1S/C19H32N2/c1-6-18(20-7-2)17-10-8-9-11-19(17)21-13-14(3)12-15(4)16(21)5/h8-11,14-16,18,20H,6-7,12-13H2,1-5H3. The maximum Gasteiger partial charge on any atom is 0.0417 e. The molecule has 0 saturated carbocycles. The fourth-order valence-corrected chi connectivity index (χ4v) is 3.80. The van der Waals surface area contributed by atoms with E-state index in [-0.39, 0.29) is 0 Å². The molecule has 1 aromatic rings. The molecule has 1 fully saturated rings. The Morgan fingerprint density at radius 1 is 1.19 bits per heavy atom. The zero-order chi connectivity index (χ0) is 15.4. The maximum absolute atomic E-state index is 3.64. The first kappa shape index (κ1) is 16.4. The largest absolute Gasteiger partial charge is 0.368 e. The van der Waals surface area contributed by atoms with Gasteiger partial charge in [-0.3, -0.25) is 0 Å². The highest BCUT2D eigenvalue weighted by Gasteiger charge is 2.30. The maximum atomic E-state index is 3.64. The van der Waals surface area contributed by atoms with Crippen molar-refractivity contribution in [2.75, 3.05) is 18.0 Å². The van der Waals surface area contributed by atoms with E-state index in [0.29, 0.717) is 12.1 Å². The molecule has 0 bridgehead atoms. The molecule has 1 heterocycles. The van der Waals surface area contributed by atoms with Crippen LogP contribution in [0.1, 0.15) is 59.1 Å². The normalized spacial score (nSPS) is 27.7. The molecule has 0 radical (unpaired) electrons. The molecule has 0 spiro atoms. The Bertz CT molecular complexity index is 443. The molecule has 1 aliphatic heterocycles. The Morgan fingerprint density at radius 3 is 2.57 bits per heavy atom. The first-order valence-corrected chi connectivity index (χ1v) is 8.67. The summed E-state index contributed by atoms with van der Waals surface area (Å²) < 4.78 is 0. The number of anilines is 1. The second-order valence-electron chi connectivity index (χ2n) is 6.79. The van der Waals surface area contributed by atoms with E-state index >= 15 is 0 Å². The highest BCUT2D eigenvalue weighted by atomic mass is 15.2. The minimum absolute atomic E-state index is 0.464. The number of hydrogen-bond donors (Lipinski definition) is 1. The second-order valence-corrected chi connectivity index (χ2v) is 6.79. The van der Waals surface area contributed by atoms with E-state index in [1.807, 2.05) is 0 Å². The van der Waals surface area contributed by atoms with Crippen molar-refractivity contribution in [3.8, 4) is 0 Å². The number of rotatable bonds is 5. The van der Waals surface area contributed by atoms with Crippen LogP contribution in [0.4, 0.5) is 5.69 Å². The fraction of sp³-hybridized carbons (Fsp3) is 0.684. The number of nitrogens with one attached hydrogen (secondary N) is 1. The highest BCUT2D eigenvalue weighted by Crippen LogP contribution is 2.35. The van der Waals surface area contributed by atoms with E-state index < -0.39 is 0 Å². The Morgan fingerprint density at radius 2 is 1.90 bits per heavy atom. The molecule has 0 aromatic heterocycles. The summed E-state index contributed by atoms with van der Waals surface area (Å²) in [4.78, 5) is 2.65. The molecule has 2 nitrogen and oxygen atoms in total. The van der Waals surface area contributed by atoms with Gasteiger partial charge in [-0.25, -0.2) is 0 Å². The van der Waals surface area contributed by atoms with Gasteiger partial charge in [0.05, 0.1) is 0 Å². The molecule has 1 aliphatic rings. The molecule has 4 unspecified atom stereocenters. The van der Waals surface area contributed by atoms with E-state index in [9.17, 15) is 0 Å². The number of benzene rings is 1. The lowest BCUT2D eigenvalue weighted by Gasteiger charge is -2.44. The van der Waals surface area contributed by atoms with Crippen molar-refractivity contribution in [3.05, 3.63) is 29.8 Å². The van der Waals surface area contributed by atoms with Crippen LogP contribution in [0.25, 0.3) is 0 Å². The Balaban J connectivity index is 2.34. The van der Waals surface area contributed by atoms with E-state index in [1.165, 1.54) is 24.2 Å². The van der Waals surface area contributed by atoms with Gasteiger partial charge in [0.15, 0.2) is 0 Å². The zero-order valence-electron chi connectivity index (χ0n) is 14.4. The lowest BCUT2D eigenvalue weighted by molar-refractivity contribution is 0.296. The van der Waals surface area contributed by atoms with Gasteiger partial charge in [0.25, 0.3) is 0 Å². The van der Waals surface area contributed by atoms with Gasteiger partial charge >= 0.3 is 0 Å². The average molecular weight is 288 g/mol. The van der Waals surface area contributed by atoms with Crippen molar-refractivity contribution < 1.29 is 0 Å². The molecule has 1 N–H and O–H groups in total. The topological polar surface area (TPSA) is 15.3 Å². The van der Waals surface area contributed by atoms with Crippen LogP contribution >= 0.6 is 0 Å². The smallest absolute Gasteiger partial charge is 0.0417 e. The van der Waals surface area contributed by atoms with Gasteiger partial charge in [0, 0.05) is 24.3 Å². The van der Waals surface area contributed by atoms with Crippen LogP contribution in [0.5, 0.6) is 0 Å². The minimum atomic E-state index is 0.464. The molecule has 2 heteroatoms. The molecule has 1 saturated heterocycles. The third kappa shape index (κ3) is 3.60. The van der Waals surface area contributed by atoms with Crippen molar-refractivity contribution in [3.63, 3.8) is 0 Å². The number of piperidine rings is 1. The Kier molecular flexibility index (Phi) is 5.69. The van der Waals surface area contributed by atoms with Crippen LogP contribution in [0.2, 0.25) is 0 Å². The third-order valence-corrected chi connectivity index (χ3v) is 5.08. The van der Waals surface area contributed by atoms with Gasteiger partial charge in [0.2, 0.25) is 0 Å². The van der Waals surface area contributed by atoms with Crippen molar-refractivity contribution in [1.82, 2.24) is 5.32 Å². The number of hydrogen-bond acceptors (Lipinski definition) is 2. The molecule has 4 atom stereocenters. The fourth-order valence-electron chi connectivity index (χ4n) is 3.80. The minimum Gasteiger partial charge on any atom is -0.368 e. The second kappa shape index (κ2) is 7.31. The van der Waals surface area contributed by atoms with Crippen LogP contribution in [-0.2, 0) is 0 Å². The van der Waals surface area contributed by atoms with Crippen LogP contribution in [0.3, 0.4) is 0 Å². The molecular weight excluding hydrogens is 256 g/mol. The third-order valence-electron chi connectivity index (χ3n) is 5.08. The van der Waals surface area contributed by atoms with Gasteiger partial charge in [0.1, 0.15) is 0 Å². The molecule has 0 aliphatic carbocycles. The molecule has 118 valence electrons. The van der Waals surface area contributed by atoms with Crippen LogP contribution in [0.15, 0.2) is 24.3 Å². The quantitative estimate of drug-likeness (QED) is 0.850. The summed E-state index contributed by atoms with van der Waals surface area (Å²) in [5, 5.41) is 3.64. The lowest BCUT2D eigenvalue weighted by Crippen LogP contribution is -2.46. The van der Waals surface area contributed by atoms with Gasteiger partial charge in [-0.1, -0.05) is 45.9 Å². The molecule has 1 aromatic carbocycles. The zero-order valence-corrected chi connectivity index (χ0v) is 14.4.